The highest BCUT2D eigenvalue weighted by Crippen LogP contribution is 2.34. The number of hydrogen-bond donors (Lipinski definition) is 0. The molecule has 0 aromatic heterocycles. The molecule has 0 atom stereocenters. The van der Waals surface area contributed by atoms with E-state index in [1.807, 2.05) is 25.1 Å². The minimum atomic E-state index is -0.217. The maximum atomic E-state index is 12.4. The van der Waals surface area contributed by atoms with Crippen LogP contribution in [-0.2, 0) is 4.79 Å². The zero-order valence-corrected chi connectivity index (χ0v) is 15.9. The van der Waals surface area contributed by atoms with E-state index >= 15 is 0 Å². The second kappa shape index (κ2) is 9.51. The molecule has 1 aromatic carbocycles. The van der Waals surface area contributed by atoms with Gasteiger partial charge in [0.1, 0.15) is 0 Å². The molecule has 5 nitrogen and oxygen atoms in total. The van der Waals surface area contributed by atoms with Crippen molar-refractivity contribution in [3.05, 3.63) is 28.7 Å². The van der Waals surface area contributed by atoms with E-state index in [1.54, 1.807) is 13.2 Å². The number of rotatable bonds is 9. The number of carbonyl (C=O) groups is 2. The van der Waals surface area contributed by atoms with Crippen LogP contribution in [0.5, 0.6) is 11.5 Å². The first-order valence-electron chi connectivity index (χ1n) is 8.66. The number of hydrogen-bond acceptors (Lipinski definition) is 5. The maximum absolute atomic E-state index is 12.4. The molecule has 25 heavy (non-hydrogen) atoms. The lowest BCUT2D eigenvalue weighted by Crippen LogP contribution is -2.29. The molecule has 0 N–H and O–H groups in total. The first kappa shape index (κ1) is 19.4. The van der Waals surface area contributed by atoms with Crippen molar-refractivity contribution in [3.63, 3.8) is 0 Å². The van der Waals surface area contributed by atoms with Crippen molar-refractivity contribution in [2.75, 3.05) is 20.3 Å². The summed E-state index contributed by atoms with van der Waals surface area (Å²) in [6.45, 7) is 5.26. The molecule has 0 unspecified atom stereocenters. The fourth-order valence-electron chi connectivity index (χ4n) is 2.38. The van der Waals surface area contributed by atoms with Crippen LogP contribution >= 0.6 is 11.8 Å². The van der Waals surface area contributed by atoms with Crippen molar-refractivity contribution in [2.45, 2.75) is 39.5 Å². The smallest absolute Gasteiger partial charge is 0.293 e. The van der Waals surface area contributed by atoms with E-state index in [1.165, 1.54) is 4.90 Å². The lowest BCUT2D eigenvalue weighted by Gasteiger charge is -2.11. The third kappa shape index (κ3) is 5.01. The predicted molar refractivity (Wildman–Crippen MR) is 101 cm³/mol. The minimum absolute atomic E-state index is 0.198. The number of unbranched alkanes of at least 4 members (excludes halogenated alkanes) is 2. The fourth-order valence-corrected chi connectivity index (χ4v) is 3.25. The largest absolute Gasteiger partial charge is 0.493 e. The van der Waals surface area contributed by atoms with Crippen LogP contribution in [0.3, 0.4) is 0 Å². The Morgan fingerprint density at radius 1 is 1.12 bits per heavy atom. The Bertz CT molecular complexity index is 657. The Morgan fingerprint density at radius 3 is 2.56 bits per heavy atom. The number of carbonyl (C=O) groups excluding carboxylic acids is 2. The van der Waals surface area contributed by atoms with Crippen LogP contribution in [0.25, 0.3) is 6.08 Å². The van der Waals surface area contributed by atoms with Crippen LogP contribution in [0.2, 0.25) is 0 Å². The van der Waals surface area contributed by atoms with Crippen LogP contribution in [0.15, 0.2) is 23.1 Å². The van der Waals surface area contributed by atoms with E-state index in [0.29, 0.717) is 29.6 Å². The third-order valence-corrected chi connectivity index (χ3v) is 4.76. The van der Waals surface area contributed by atoms with Gasteiger partial charge in [0.2, 0.25) is 0 Å². The Kier molecular flexibility index (Phi) is 7.37. The maximum Gasteiger partial charge on any atom is 0.293 e. The molecule has 6 heteroatoms. The van der Waals surface area contributed by atoms with E-state index in [0.717, 1.165) is 43.0 Å². The normalized spacial score (nSPS) is 16.0. The quantitative estimate of drug-likeness (QED) is 0.470. The van der Waals surface area contributed by atoms with Crippen LogP contribution < -0.4 is 9.47 Å². The third-order valence-electron chi connectivity index (χ3n) is 3.85. The standard InChI is InChI=1S/C19H25NO4S/c1-4-6-10-20-18(21)17(25-19(20)22)13-14-8-9-15(16(12-14)23-3)24-11-7-5-2/h8-9,12-13H,4-7,10-11H2,1-3H3. The van der Waals surface area contributed by atoms with E-state index in [-0.39, 0.29) is 11.1 Å². The monoisotopic (exact) mass is 363 g/mol. The molecule has 0 radical (unpaired) electrons. The molecule has 1 fully saturated rings. The van der Waals surface area contributed by atoms with Crippen LogP contribution in [0.4, 0.5) is 4.79 Å². The van der Waals surface area contributed by atoms with Gasteiger partial charge in [0.25, 0.3) is 11.1 Å². The predicted octanol–water partition coefficient (Wildman–Crippen LogP) is 4.71. The average molecular weight is 363 g/mol. The highest BCUT2D eigenvalue weighted by atomic mass is 32.2. The Balaban J connectivity index is 2.15. The number of nitrogens with zero attached hydrogens (tertiary/aromatic N) is 1. The number of amides is 2. The highest BCUT2D eigenvalue weighted by molar-refractivity contribution is 8.18. The molecule has 0 spiro atoms. The van der Waals surface area contributed by atoms with Gasteiger partial charge in [-0.3, -0.25) is 14.5 Å². The van der Waals surface area contributed by atoms with Gasteiger partial charge in [0.15, 0.2) is 11.5 Å². The molecule has 0 aliphatic carbocycles. The van der Waals surface area contributed by atoms with Crippen molar-refractivity contribution in [3.8, 4) is 11.5 Å². The number of thioether (sulfide) groups is 1. The van der Waals surface area contributed by atoms with Gasteiger partial charge in [-0.05, 0) is 48.4 Å². The van der Waals surface area contributed by atoms with E-state index in [4.69, 9.17) is 9.47 Å². The topological polar surface area (TPSA) is 55.8 Å². The summed E-state index contributed by atoms with van der Waals surface area (Å²) in [7, 11) is 1.59. The summed E-state index contributed by atoms with van der Waals surface area (Å²) in [5.41, 5.74) is 0.806. The van der Waals surface area contributed by atoms with Gasteiger partial charge in [0, 0.05) is 6.54 Å². The van der Waals surface area contributed by atoms with Crippen LogP contribution in [-0.4, -0.2) is 36.3 Å². The Morgan fingerprint density at radius 2 is 1.88 bits per heavy atom. The number of benzene rings is 1. The summed E-state index contributed by atoms with van der Waals surface area (Å²) in [5.74, 6) is 1.09. The Labute approximate surface area is 153 Å². The molecule has 0 saturated carbocycles. The van der Waals surface area contributed by atoms with Crippen molar-refractivity contribution < 1.29 is 19.1 Å². The van der Waals surface area contributed by atoms with Gasteiger partial charge in [-0.1, -0.05) is 32.8 Å². The van der Waals surface area contributed by atoms with E-state index < -0.39 is 0 Å². The van der Waals surface area contributed by atoms with Gasteiger partial charge in [-0.2, -0.15) is 0 Å². The minimum Gasteiger partial charge on any atom is -0.493 e. The summed E-state index contributed by atoms with van der Waals surface area (Å²) >= 11 is 0.988. The lowest BCUT2D eigenvalue weighted by atomic mass is 10.2. The molecule has 1 saturated heterocycles. The second-order valence-electron chi connectivity index (χ2n) is 5.80. The highest BCUT2D eigenvalue weighted by Gasteiger charge is 2.34. The van der Waals surface area contributed by atoms with Gasteiger partial charge in [0.05, 0.1) is 18.6 Å². The molecular weight excluding hydrogens is 338 g/mol. The molecule has 1 heterocycles. The SMILES string of the molecule is CCCCOc1ccc(C=C2SC(=O)N(CCCC)C2=O)cc1OC. The van der Waals surface area contributed by atoms with E-state index in [2.05, 4.69) is 6.92 Å². The molecular formula is C19H25NO4S. The number of methoxy groups -OCH3 is 1. The molecule has 1 aromatic rings. The Hall–Kier alpha value is -1.95. The van der Waals surface area contributed by atoms with Gasteiger partial charge >= 0.3 is 0 Å². The molecule has 0 bridgehead atoms. The second-order valence-corrected chi connectivity index (χ2v) is 6.79. The number of imide groups is 1. The van der Waals surface area contributed by atoms with Crippen LogP contribution in [0.1, 0.15) is 45.1 Å². The van der Waals surface area contributed by atoms with Crippen molar-refractivity contribution in [2.24, 2.45) is 0 Å². The van der Waals surface area contributed by atoms with Crippen molar-refractivity contribution >= 4 is 29.0 Å². The zero-order valence-electron chi connectivity index (χ0n) is 15.0. The number of ether oxygens (including phenoxy) is 2. The molecule has 1 aliphatic rings. The summed E-state index contributed by atoms with van der Waals surface area (Å²) in [6, 6.07) is 5.52. The first-order chi connectivity index (χ1) is 12.1. The average Bonchev–Trinajstić information content (AvgIpc) is 2.87. The fraction of sp³-hybridized carbons (Fsp3) is 0.474. The van der Waals surface area contributed by atoms with Gasteiger partial charge in [-0.15, -0.1) is 0 Å². The van der Waals surface area contributed by atoms with E-state index in [9.17, 15) is 9.59 Å². The molecule has 1 aliphatic heterocycles. The van der Waals surface area contributed by atoms with Crippen LogP contribution in [0, 0.1) is 0 Å². The molecule has 136 valence electrons. The summed E-state index contributed by atoms with van der Waals surface area (Å²) in [4.78, 5) is 26.1. The molecule has 2 amide bonds. The van der Waals surface area contributed by atoms with Crippen molar-refractivity contribution in [1.29, 1.82) is 0 Å². The van der Waals surface area contributed by atoms with Gasteiger partial charge < -0.3 is 9.47 Å². The zero-order chi connectivity index (χ0) is 18.2. The van der Waals surface area contributed by atoms with Crippen molar-refractivity contribution in [1.82, 2.24) is 4.90 Å². The summed E-state index contributed by atoms with van der Waals surface area (Å²) in [5, 5.41) is -0.198. The van der Waals surface area contributed by atoms with Gasteiger partial charge in [-0.25, -0.2) is 0 Å². The summed E-state index contributed by atoms with van der Waals surface area (Å²) in [6.07, 6.45) is 5.54. The first-order valence-corrected chi connectivity index (χ1v) is 9.48. The summed E-state index contributed by atoms with van der Waals surface area (Å²) < 4.78 is 11.1. The molecule has 2 rings (SSSR count). The lowest BCUT2D eigenvalue weighted by molar-refractivity contribution is -0.122.